The molecule has 1 aromatic rings. The highest BCUT2D eigenvalue weighted by molar-refractivity contribution is 5.95. The molecule has 1 unspecified atom stereocenters. The summed E-state index contributed by atoms with van der Waals surface area (Å²) >= 11 is 0. The molecule has 5 heteroatoms. The minimum Gasteiger partial charge on any atom is -0.349 e. The molecule has 80 valence electrons. The Bertz CT molecular complexity index is 423. The number of amides is 1. The van der Waals surface area contributed by atoms with Gasteiger partial charge in [0.05, 0.1) is 12.2 Å². The molecular weight excluding hydrogens is 192 g/mol. The molecule has 0 aromatic carbocycles. The van der Waals surface area contributed by atoms with Gasteiger partial charge < -0.3 is 10.6 Å². The number of carbonyl (C=O) groups excluding carboxylic acids is 1. The molecule has 15 heavy (non-hydrogen) atoms. The molecule has 2 N–H and O–H groups in total. The van der Waals surface area contributed by atoms with Gasteiger partial charge in [-0.1, -0.05) is 0 Å². The Kier molecular flexibility index (Phi) is 1.82. The van der Waals surface area contributed by atoms with Gasteiger partial charge in [0.25, 0.3) is 5.91 Å². The summed E-state index contributed by atoms with van der Waals surface area (Å²) < 4.78 is 1.85. The third-order valence-electron chi connectivity index (χ3n) is 3.14. The standard InChI is InChI=1S/C10H14N4O/c1-6-8-7(2-3-11-6)13-14-5-4-12-10(15)9(8)14/h6,11H,2-5H2,1H3,(H,12,15). The van der Waals surface area contributed by atoms with E-state index < -0.39 is 0 Å². The van der Waals surface area contributed by atoms with Crippen LogP contribution in [0.25, 0.3) is 0 Å². The van der Waals surface area contributed by atoms with Crippen molar-refractivity contribution in [2.45, 2.75) is 25.9 Å². The number of fused-ring (bicyclic) bond motifs is 3. The second-order valence-electron chi connectivity index (χ2n) is 4.11. The second-order valence-corrected chi connectivity index (χ2v) is 4.11. The predicted molar refractivity (Wildman–Crippen MR) is 54.7 cm³/mol. The zero-order valence-corrected chi connectivity index (χ0v) is 8.71. The first-order valence-corrected chi connectivity index (χ1v) is 5.38. The normalized spacial score (nSPS) is 24.3. The van der Waals surface area contributed by atoms with Gasteiger partial charge in [-0.3, -0.25) is 9.48 Å². The molecule has 0 aliphatic carbocycles. The summed E-state index contributed by atoms with van der Waals surface area (Å²) in [5, 5.41) is 10.7. The SMILES string of the molecule is CC1NCCc2nn3c(c21)C(=O)NCC3. The van der Waals surface area contributed by atoms with Crippen LogP contribution in [-0.2, 0) is 13.0 Å². The number of nitrogens with one attached hydrogen (secondary N) is 2. The number of aromatic nitrogens is 2. The van der Waals surface area contributed by atoms with E-state index in [2.05, 4.69) is 22.7 Å². The minimum atomic E-state index is 0.0190. The van der Waals surface area contributed by atoms with Gasteiger partial charge in [-0.05, 0) is 6.92 Å². The molecule has 0 radical (unpaired) electrons. The average Bonchev–Trinajstić information content (AvgIpc) is 2.58. The van der Waals surface area contributed by atoms with E-state index in [9.17, 15) is 4.79 Å². The van der Waals surface area contributed by atoms with Crippen LogP contribution in [0.4, 0.5) is 0 Å². The van der Waals surface area contributed by atoms with Gasteiger partial charge >= 0.3 is 0 Å². The summed E-state index contributed by atoms with van der Waals surface area (Å²) in [6.07, 6.45) is 0.924. The van der Waals surface area contributed by atoms with Crippen LogP contribution in [0.15, 0.2) is 0 Å². The lowest BCUT2D eigenvalue weighted by atomic mass is 9.99. The molecule has 0 spiro atoms. The Morgan fingerprint density at radius 3 is 3.20 bits per heavy atom. The second kappa shape index (κ2) is 3.06. The number of hydrogen-bond donors (Lipinski definition) is 2. The van der Waals surface area contributed by atoms with E-state index >= 15 is 0 Å². The fourth-order valence-corrected chi connectivity index (χ4v) is 2.43. The molecule has 0 saturated carbocycles. The summed E-state index contributed by atoms with van der Waals surface area (Å²) in [6, 6.07) is 0.237. The van der Waals surface area contributed by atoms with Crippen LogP contribution >= 0.6 is 0 Å². The summed E-state index contributed by atoms with van der Waals surface area (Å²) in [7, 11) is 0. The first-order valence-electron chi connectivity index (χ1n) is 5.38. The number of nitrogens with zero attached hydrogens (tertiary/aromatic N) is 2. The summed E-state index contributed by atoms with van der Waals surface area (Å²) in [6.45, 7) is 4.52. The number of carbonyl (C=O) groups is 1. The molecule has 0 fully saturated rings. The summed E-state index contributed by atoms with van der Waals surface area (Å²) in [5.41, 5.74) is 2.95. The minimum absolute atomic E-state index is 0.0190. The Morgan fingerprint density at radius 2 is 2.33 bits per heavy atom. The number of rotatable bonds is 0. The van der Waals surface area contributed by atoms with Gasteiger partial charge in [0.15, 0.2) is 0 Å². The highest BCUT2D eigenvalue weighted by Crippen LogP contribution is 2.26. The van der Waals surface area contributed by atoms with Gasteiger partial charge in [0.1, 0.15) is 5.69 Å². The van der Waals surface area contributed by atoms with Crippen LogP contribution in [0.2, 0.25) is 0 Å². The maximum Gasteiger partial charge on any atom is 0.269 e. The lowest BCUT2D eigenvalue weighted by Gasteiger charge is -2.21. The van der Waals surface area contributed by atoms with Gasteiger partial charge in [-0.2, -0.15) is 5.10 Å². The average molecular weight is 206 g/mol. The van der Waals surface area contributed by atoms with Gasteiger partial charge in [0.2, 0.25) is 0 Å². The molecule has 3 rings (SSSR count). The van der Waals surface area contributed by atoms with Gasteiger partial charge in [-0.25, -0.2) is 0 Å². The van der Waals surface area contributed by atoms with Crippen LogP contribution < -0.4 is 10.6 Å². The maximum absolute atomic E-state index is 11.8. The monoisotopic (exact) mass is 206 g/mol. The van der Waals surface area contributed by atoms with E-state index in [1.54, 1.807) is 0 Å². The largest absolute Gasteiger partial charge is 0.349 e. The van der Waals surface area contributed by atoms with Gasteiger partial charge in [0, 0.05) is 31.1 Å². The molecule has 0 bridgehead atoms. The zero-order valence-electron chi connectivity index (χ0n) is 8.71. The Hall–Kier alpha value is -1.36. The Balaban J connectivity index is 2.19. The quantitative estimate of drug-likeness (QED) is 0.620. The van der Waals surface area contributed by atoms with Crippen LogP contribution in [-0.4, -0.2) is 28.8 Å². The summed E-state index contributed by atoms with van der Waals surface area (Å²) in [5.74, 6) is 0.0190. The molecular formula is C10H14N4O. The van der Waals surface area contributed by atoms with E-state index in [4.69, 9.17) is 0 Å². The Morgan fingerprint density at radius 1 is 1.47 bits per heavy atom. The van der Waals surface area contributed by atoms with Crippen molar-refractivity contribution in [1.29, 1.82) is 0 Å². The predicted octanol–water partition coefficient (Wildman–Crippen LogP) is -0.167. The van der Waals surface area contributed by atoms with E-state index in [1.807, 2.05) is 4.68 Å². The maximum atomic E-state index is 11.8. The van der Waals surface area contributed by atoms with E-state index in [-0.39, 0.29) is 11.9 Å². The zero-order chi connectivity index (χ0) is 10.4. The third kappa shape index (κ3) is 1.19. The van der Waals surface area contributed by atoms with Crippen molar-refractivity contribution in [1.82, 2.24) is 20.4 Å². The van der Waals surface area contributed by atoms with Crippen molar-refractivity contribution in [3.05, 3.63) is 17.0 Å². The van der Waals surface area contributed by atoms with E-state index in [0.29, 0.717) is 6.54 Å². The lowest BCUT2D eigenvalue weighted by molar-refractivity contribution is 0.0922. The molecule has 3 heterocycles. The topological polar surface area (TPSA) is 59.0 Å². The molecule has 2 aliphatic heterocycles. The molecule has 5 nitrogen and oxygen atoms in total. The van der Waals surface area contributed by atoms with Crippen LogP contribution in [0.5, 0.6) is 0 Å². The molecule has 1 amide bonds. The third-order valence-corrected chi connectivity index (χ3v) is 3.14. The molecule has 1 aromatic heterocycles. The molecule has 2 aliphatic rings. The van der Waals surface area contributed by atoms with Crippen molar-refractivity contribution in [2.75, 3.05) is 13.1 Å². The fraction of sp³-hybridized carbons (Fsp3) is 0.600. The first-order chi connectivity index (χ1) is 7.27. The van der Waals surface area contributed by atoms with Crippen LogP contribution in [0.3, 0.4) is 0 Å². The smallest absolute Gasteiger partial charge is 0.269 e. The van der Waals surface area contributed by atoms with Crippen molar-refractivity contribution < 1.29 is 4.79 Å². The van der Waals surface area contributed by atoms with Crippen LogP contribution in [0.1, 0.15) is 34.7 Å². The number of hydrogen-bond acceptors (Lipinski definition) is 3. The van der Waals surface area contributed by atoms with E-state index in [1.165, 1.54) is 0 Å². The first kappa shape index (κ1) is 8.91. The van der Waals surface area contributed by atoms with Gasteiger partial charge in [-0.15, -0.1) is 0 Å². The fourth-order valence-electron chi connectivity index (χ4n) is 2.43. The van der Waals surface area contributed by atoms with Crippen molar-refractivity contribution in [3.63, 3.8) is 0 Å². The lowest BCUT2D eigenvalue weighted by Crippen LogP contribution is -2.37. The van der Waals surface area contributed by atoms with Crippen molar-refractivity contribution in [3.8, 4) is 0 Å². The molecule has 0 saturated heterocycles. The molecule has 1 atom stereocenters. The van der Waals surface area contributed by atoms with Crippen LogP contribution in [0, 0.1) is 0 Å². The highest BCUT2D eigenvalue weighted by Gasteiger charge is 2.30. The van der Waals surface area contributed by atoms with Crippen molar-refractivity contribution in [2.24, 2.45) is 0 Å². The van der Waals surface area contributed by atoms with Crippen molar-refractivity contribution >= 4 is 5.91 Å². The summed E-state index contributed by atoms with van der Waals surface area (Å²) in [4.78, 5) is 11.8. The highest BCUT2D eigenvalue weighted by atomic mass is 16.2. The Labute approximate surface area is 87.8 Å². The van der Waals surface area contributed by atoms with E-state index in [0.717, 1.165) is 36.5 Å².